The summed E-state index contributed by atoms with van der Waals surface area (Å²) < 4.78 is 1.91. The van der Waals surface area contributed by atoms with Crippen LogP contribution in [0, 0.1) is 0 Å². The van der Waals surface area contributed by atoms with Crippen molar-refractivity contribution in [2.24, 2.45) is 0 Å². The largest absolute Gasteiger partial charge is 0.386 e. The second kappa shape index (κ2) is 5.74. The second-order valence-electron chi connectivity index (χ2n) is 4.06. The van der Waals surface area contributed by atoms with Crippen LogP contribution in [0.15, 0.2) is 30.7 Å². The summed E-state index contributed by atoms with van der Waals surface area (Å²) in [5.74, 6) is 0. The van der Waals surface area contributed by atoms with Crippen molar-refractivity contribution in [1.29, 1.82) is 0 Å². The number of hydrogen-bond acceptors (Lipinski definition) is 2. The molecule has 0 amide bonds. The molecule has 18 heavy (non-hydrogen) atoms. The van der Waals surface area contributed by atoms with E-state index < -0.39 is 6.10 Å². The molecule has 0 saturated carbocycles. The summed E-state index contributed by atoms with van der Waals surface area (Å²) in [6, 6.07) is 5.25. The molecular formula is C13H14Cl2N2O. The maximum Gasteiger partial charge on any atom is 0.0996 e. The van der Waals surface area contributed by atoms with Gasteiger partial charge in [-0.1, -0.05) is 23.2 Å². The molecule has 0 radical (unpaired) electrons. The quantitative estimate of drug-likeness (QED) is 0.933. The molecule has 0 fully saturated rings. The van der Waals surface area contributed by atoms with Crippen molar-refractivity contribution in [3.8, 4) is 0 Å². The predicted octanol–water partition coefficient (Wildman–Crippen LogP) is 3.49. The van der Waals surface area contributed by atoms with Gasteiger partial charge in [0.2, 0.25) is 0 Å². The molecule has 0 saturated heterocycles. The summed E-state index contributed by atoms with van der Waals surface area (Å²) in [5, 5.41) is 11.5. The molecule has 0 aliphatic heterocycles. The molecule has 0 aliphatic carbocycles. The molecule has 1 atom stereocenters. The monoisotopic (exact) mass is 284 g/mol. The number of imidazole rings is 1. The highest BCUT2D eigenvalue weighted by atomic mass is 35.5. The van der Waals surface area contributed by atoms with Gasteiger partial charge in [0.25, 0.3) is 0 Å². The van der Waals surface area contributed by atoms with E-state index >= 15 is 0 Å². The zero-order valence-electron chi connectivity index (χ0n) is 9.98. The van der Waals surface area contributed by atoms with Crippen molar-refractivity contribution in [3.05, 3.63) is 52.0 Å². The summed E-state index contributed by atoms with van der Waals surface area (Å²) in [4.78, 5) is 4.04. The van der Waals surface area contributed by atoms with Crippen molar-refractivity contribution in [2.75, 3.05) is 0 Å². The van der Waals surface area contributed by atoms with Crippen molar-refractivity contribution >= 4 is 23.2 Å². The Labute approximate surface area is 116 Å². The number of rotatable bonds is 4. The minimum absolute atomic E-state index is 0.422. The molecule has 1 unspecified atom stereocenters. The number of aryl methyl sites for hydroxylation is 1. The molecular weight excluding hydrogens is 271 g/mol. The van der Waals surface area contributed by atoms with Gasteiger partial charge in [0.15, 0.2) is 0 Å². The molecule has 0 bridgehead atoms. The fourth-order valence-corrected chi connectivity index (χ4v) is 2.27. The zero-order valence-corrected chi connectivity index (χ0v) is 11.5. The molecule has 0 spiro atoms. The minimum Gasteiger partial charge on any atom is -0.386 e. The van der Waals surface area contributed by atoms with Gasteiger partial charge in [-0.15, -0.1) is 0 Å². The van der Waals surface area contributed by atoms with Crippen LogP contribution < -0.4 is 0 Å². The Morgan fingerprint density at radius 2 is 2.17 bits per heavy atom. The fourth-order valence-electron chi connectivity index (χ4n) is 1.89. The van der Waals surface area contributed by atoms with Gasteiger partial charge in [-0.2, -0.15) is 0 Å². The summed E-state index contributed by atoms with van der Waals surface area (Å²) >= 11 is 12.0. The van der Waals surface area contributed by atoms with Gasteiger partial charge in [-0.05, 0) is 30.7 Å². The topological polar surface area (TPSA) is 38.0 Å². The Kier molecular flexibility index (Phi) is 4.27. The molecule has 0 aliphatic rings. The summed E-state index contributed by atoms with van der Waals surface area (Å²) in [6.45, 7) is 2.78. The van der Waals surface area contributed by atoms with E-state index in [0.29, 0.717) is 16.5 Å². The van der Waals surface area contributed by atoms with Gasteiger partial charge in [0, 0.05) is 23.0 Å². The lowest BCUT2D eigenvalue weighted by Crippen LogP contribution is -2.08. The lowest BCUT2D eigenvalue weighted by Gasteiger charge is -2.13. The standard InChI is InChI=1S/C13H14Cl2N2O/c1-2-17-8-16-7-12(17)13(18)6-9-5-10(14)3-4-11(9)15/h3-5,7-8,13,18H,2,6H2,1H3. The number of halogens is 2. The molecule has 1 N–H and O–H groups in total. The molecule has 1 aromatic carbocycles. The van der Waals surface area contributed by atoms with Crippen LogP contribution in [-0.4, -0.2) is 14.7 Å². The Morgan fingerprint density at radius 3 is 2.89 bits per heavy atom. The number of aliphatic hydroxyl groups excluding tert-OH is 1. The molecule has 2 aromatic rings. The fraction of sp³-hybridized carbons (Fsp3) is 0.308. The lowest BCUT2D eigenvalue weighted by molar-refractivity contribution is 0.169. The molecule has 2 rings (SSSR count). The smallest absolute Gasteiger partial charge is 0.0996 e. The zero-order chi connectivity index (χ0) is 13.1. The third-order valence-electron chi connectivity index (χ3n) is 2.85. The lowest BCUT2D eigenvalue weighted by atomic mass is 10.1. The highest BCUT2D eigenvalue weighted by molar-refractivity contribution is 6.33. The maximum absolute atomic E-state index is 10.2. The van der Waals surface area contributed by atoms with Crippen molar-refractivity contribution in [2.45, 2.75) is 26.0 Å². The first-order valence-electron chi connectivity index (χ1n) is 5.73. The Bertz CT molecular complexity index is 540. The van der Waals surface area contributed by atoms with E-state index in [1.165, 1.54) is 0 Å². The Balaban J connectivity index is 2.21. The van der Waals surface area contributed by atoms with Crippen molar-refractivity contribution in [1.82, 2.24) is 9.55 Å². The van der Waals surface area contributed by atoms with E-state index in [9.17, 15) is 5.11 Å². The third-order valence-corrected chi connectivity index (χ3v) is 3.45. The number of aliphatic hydroxyl groups is 1. The van der Waals surface area contributed by atoms with Gasteiger partial charge >= 0.3 is 0 Å². The van der Waals surface area contributed by atoms with Crippen molar-refractivity contribution < 1.29 is 5.11 Å². The van der Waals surface area contributed by atoms with Crippen molar-refractivity contribution in [3.63, 3.8) is 0 Å². The van der Waals surface area contributed by atoms with Crippen LogP contribution in [0.4, 0.5) is 0 Å². The molecule has 1 heterocycles. The van der Waals surface area contributed by atoms with Gasteiger partial charge in [-0.3, -0.25) is 0 Å². The van der Waals surface area contributed by atoms with Gasteiger partial charge < -0.3 is 9.67 Å². The first-order chi connectivity index (χ1) is 8.61. The number of nitrogens with zero attached hydrogens (tertiary/aromatic N) is 2. The molecule has 5 heteroatoms. The van der Waals surface area contributed by atoms with E-state index in [1.807, 2.05) is 11.5 Å². The van der Waals surface area contributed by atoms with Crippen LogP contribution in [0.2, 0.25) is 10.0 Å². The normalized spacial score (nSPS) is 12.7. The van der Waals surface area contributed by atoms with Gasteiger partial charge in [0.05, 0.1) is 24.3 Å². The van der Waals surface area contributed by atoms with Crippen LogP contribution >= 0.6 is 23.2 Å². The third kappa shape index (κ3) is 2.86. The van der Waals surface area contributed by atoms with Gasteiger partial charge in [-0.25, -0.2) is 4.98 Å². The Hall–Kier alpha value is -1.03. The van der Waals surface area contributed by atoms with Crippen LogP contribution in [0.5, 0.6) is 0 Å². The number of hydrogen-bond donors (Lipinski definition) is 1. The molecule has 3 nitrogen and oxygen atoms in total. The predicted molar refractivity (Wildman–Crippen MR) is 73.0 cm³/mol. The van der Waals surface area contributed by atoms with Crippen LogP contribution in [0.1, 0.15) is 24.3 Å². The molecule has 1 aromatic heterocycles. The van der Waals surface area contributed by atoms with Crippen LogP contribution in [-0.2, 0) is 13.0 Å². The first-order valence-corrected chi connectivity index (χ1v) is 6.49. The highest BCUT2D eigenvalue weighted by Gasteiger charge is 2.14. The summed E-state index contributed by atoms with van der Waals surface area (Å²) in [6.07, 6.45) is 3.17. The maximum atomic E-state index is 10.2. The average molecular weight is 285 g/mol. The van der Waals surface area contributed by atoms with E-state index in [2.05, 4.69) is 4.98 Å². The second-order valence-corrected chi connectivity index (χ2v) is 4.90. The number of benzene rings is 1. The summed E-state index contributed by atoms with van der Waals surface area (Å²) in [7, 11) is 0. The minimum atomic E-state index is -0.636. The summed E-state index contributed by atoms with van der Waals surface area (Å²) in [5.41, 5.74) is 1.62. The van der Waals surface area contributed by atoms with E-state index in [4.69, 9.17) is 23.2 Å². The van der Waals surface area contributed by atoms with Crippen LogP contribution in [0.3, 0.4) is 0 Å². The Morgan fingerprint density at radius 1 is 1.39 bits per heavy atom. The highest BCUT2D eigenvalue weighted by Crippen LogP contribution is 2.26. The van der Waals surface area contributed by atoms with Gasteiger partial charge in [0.1, 0.15) is 0 Å². The van der Waals surface area contributed by atoms with E-state index in [-0.39, 0.29) is 0 Å². The first kappa shape index (κ1) is 13.4. The number of aromatic nitrogens is 2. The van der Waals surface area contributed by atoms with Crippen LogP contribution in [0.25, 0.3) is 0 Å². The van der Waals surface area contributed by atoms with E-state index in [1.54, 1.807) is 30.7 Å². The SMILES string of the molecule is CCn1cncc1C(O)Cc1cc(Cl)ccc1Cl. The van der Waals surface area contributed by atoms with E-state index in [0.717, 1.165) is 17.8 Å². The average Bonchev–Trinajstić information content (AvgIpc) is 2.82. The molecule has 96 valence electrons.